The molecule has 0 rings (SSSR count). The number of thiol groups is 2. The van der Waals surface area contributed by atoms with E-state index in [0.717, 1.165) is 36.3 Å². The van der Waals surface area contributed by atoms with Crippen molar-refractivity contribution in [2.45, 2.75) is 62.7 Å². The van der Waals surface area contributed by atoms with Crippen LogP contribution in [0.5, 0.6) is 0 Å². The monoisotopic (exact) mass is 452 g/mol. The van der Waals surface area contributed by atoms with E-state index in [1.807, 2.05) is 0 Å². The number of nitrogens with zero attached hydrogens (tertiary/aromatic N) is 1. The van der Waals surface area contributed by atoms with Gasteiger partial charge in [0.25, 0.3) is 0 Å². The standard InChI is InChI=1S/C18H32N2O7S2/c21-15(7-2-1-5-13(29)8-10-28)19-9-4-3-6-14(18(26)27)20(11-16(22)23)12-17(24)25/h13-14,28-29H,1-12H2,(H,19,21)(H,22,23)(H,24,25)(H,26,27). The molecule has 0 aromatic carbocycles. The molecule has 0 aliphatic carbocycles. The normalized spacial score (nSPS) is 13.1. The van der Waals surface area contributed by atoms with Gasteiger partial charge in [-0.15, -0.1) is 0 Å². The molecule has 2 atom stereocenters. The van der Waals surface area contributed by atoms with Crippen LogP contribution in [0.3, 0.4) is 0 Å². The van der Waals surface area contributed by atoms with Crippen LogP contribution in [0.25, 0.3) is 0 Å². The molecule has 0 heterocycles. The van der Waals surface area contributed by atoms with Crippen molar-refractivity contribution in [2.24, 2.45) is 0 Å². The van der Waals surface area contributed by atoms with Gasteiger partial charge in [-0.3, -0.25) is 24.1 Å². The molecule has 2 unspecified atom stereocenters. The van der Waals surface area contributed by atoms with Gasteiger partial charge in [-0.25, -0.2) is 0 Å². The number of hydrogen-bond acceptors (Lipinski definition) is 7. The third-order valence-corrected chi connectivity index (χ3v) is 5.06. The Hall–Kier alpha value is -1.46. The molecule has 9 nitrogen and oxygen atoms in total. The predicted molar refractivity (Wildman–Crippen MR) is 115 cm³/mol. The van der Waals surface area contributed by atoms with Gasteiger partial charge < -0.3 is 20.6 Å². The zero-order valence-electron chi connectivity index (χ0n) is 16.5. The molecule has 0 aromatic rings. The van der Waals surface area contributed by atoms with Gasteiger partial charge in [-0.1, -0.05) is 6.42 Å². The van der Waals surface area contributed by atoms with E-state index in [1.165, 1.54) is 0 Å². The van der Waals surface area contributed by atoms with Crippen molar-refractivity contribution in [3.05, 3.63) is 0 Å². The van der Waals surface area contributed by atoms with E-state index in [-0.39, 0.29) is 12.3 Å². The number of rotatable bonds is 18. The highest BCUT2D eigenvalue weighted by Crippen LogP contribution is 2.13. The summed E-state index contributed by atoms with van der Waals surface area (Å²) in [4.78, 5) is 45.8. The van der Waals surface area contributed by atoms with Gasteiger partial charge in [-0.05, 0) is 44.3 Å². The first-order valence-electron chi connectivity index (χ1n) is 9.63. The van der Waals surface area contributed by atoms with Crippen molar-refractivity contribution in [1.29, 1.82) is 0 Å². The van der Waals surface area contributed by atoms with Crippen molar-refractivity contribution in [3.63, 3.8) is 0 Å². The molecule has 29 heavy (non-hydrogen) atoms. The maximum atomic E-state index is 11.8. The van der Waals surface area contributed by atoms with E-state index in [1.54, 1.807) is 0 Å². The lowest BCUT2D eigenvalue weighted by atomic mass is 10.1. The average molecular weight is 453 g/mol. The van der Waals surface area contributed by atoms with E-state index >= 15 is 0 Å². The Morgan fingerprint density at radius 2 is 1.45 bits per heavy atom. The molecule has 11 heteroatoms. The highest BCUT2D eigenvalue weighted by Gasteiger charge is 2.28. The Bertz CT molecular complexity index is 518. The molecule has 0 aliphatic rings. The fourth-order valence-electron chi connectivity index (χ4n) is 2.82. The Labute approximate surface area is 182 Å². The van der Waals surface area contributed by atoms with Crippen LogP contribution >= 0.6 is 25.3 Å². The molecule has 1 amide bonds. The number of aliphatic carboxylic acids is 3. The molecular formula is C18H32N2O7S2. The quantitative estimate of drug-likeness (QED) is 0.135. The lowest BCUT2D eigenvalue weighted by Gasteiger charge is -2.25. The minimum Gasteiger partial charge on any atom is -0.480 e. The largest absolute Gasteiger partial charge is 0.480 e. The van der Waals surface area contributed by atoms with Gasteiger partial charge in [0.2, 0.25) is 5.91 Å². The molecule has 0 radical (unpaired) electrons. The first-order valence-corrected chi connectivity index (χ1v) is 10.8. The molecule has 4 N–H and O–H groups in total. The summed E-state index contributed by atoms with van der Waals surface area (Å²) in [5, 5.41) is 30.1. The number of hydrogen-bond donors (Lipinski definition) is 6. The number of nitrogens with one attached hydrogen (secondary N) is 1. The van der Waals surface area contributed by atoms with E-state index in [2.05, 4.69) is 30.6 Å². The van der Waals surface area contributed by atoms with E-state index in [0.29, 0.717) is 31.1 Å². The zero-order chi connectivity index (χ0) is 22.2. The third kappa shape index (κ3) is 15.1. The van der Waals surface area contributed by atoms with Crippen LogP contribution in [-0.2, 0) is 19.2 Å². The minimum absolute atomic E-state index is 0.0666. The summed E-state index contributed by atoms with van der Waals surface area (Å²) in [5.74, 6) is -3.12. The van der Waals surface area contributed by atoms with Crippen molar-refractivity contribution in [3.8, 4) is 0 Å². The summed E-state index contributed by atoms with van der Waals surface area (Å²) in [7, 11) is 0. The maximum absolute atomic E-state index is 11.8. The van der Waals surface area contributed by atoms with Crippen LogP contribution in [0.2, 0.25) is 0 Å². The molecule has 0 bridgehead atoms. The van der Waals surface area contributed by atoms with Crippen molar-refractivity contribution < 1.29 is 34.5 Å². The van der Waals surface area contributed by atoms with E-state index < -0.39 is 37.0 Å². The second-order valence-electron chi connectivity index (χ2n) is 6.80. The van der Waals surface area contributed by atoms with Gasteiger partial charge >= 0.3 is 17.9 Å². The van der Waals surface area contributed by atoms with Crippen molar-refractivity contribution >= 4 is 49.1 Å². The maximum Gasteiger partial charge on any atom is 0.320 e. The summed E-state index contributed by atoms with van der Waals surface area (Å²) in [6.07, 6.45) is 5.02. The molecular weight excluding hydrogens is 420 g/mol. The molecule has 0 aromatic heterocycles. The van der Waals surface area contributed by atoms with E-state index in [4.69, 9.17) is 10.2 Å². The summed E-state index contributed by atoms with van der Waals surface area (Å²) < 4.78 is 0. The lowest BCUT2D eigenvalue weighted by Crippen LogP contribution is -2.46. The summed E-state index contributed by atoms with van der Waals surface area (Å²) in [6, 6.07) is -1.20. The smallest absolute Gasteiger partial charge is 0.320 e. The lowest BCUT2D eigenvalue weighted by molar-refractivity contribution is -0.149. The number of unbranched alkanes of at least 4 members (excludes halogenated alkanes) is 2. The number of amides is 1. The van der Waals surface area contributed by atoms with Crippen LogP contribution in [0.4, 0.5) is 0 Å². The van der Waals surface area contributed by atoms with Gasteiger partial charge in [0, 0.05) is 18.2 Å². The first-order chi connectivity index (χ1) is 13.7. The van der Waals surface area contributed by atoms with Gasteiger partial charge in [0.1, 0.15) is 6.04 Å². The second-order valence-corrected chi connectivity index (χ2v) is 7.98. The topological polar surface area (TPSA) is 144 Å². The predicted octanol–water partition coefficient (Wildman–Crippen LogP) is 1.38. The summed E-state index contributed by atoms with van der Waals surface area (Å²) in [6.45, 7) is -0.944. The van der Waals surface area contributed by atoms with Crippen LogP contribution < -0.4 is 5.32 Å². The molecule has 0 saturated heterocycles. The van der Waals surface area contributed by atoms with E-state index in [9.17, 15) is 24.3 Å². The van der Waals surface area contributed by atoms with Gasteiger partial charge in [0.15, 0.2) is 0 Å². The number of carboxylic acid groups (broad SMARTS) is 3. The Morgan fingerprint density at radius 1 is 0.862 bits per heavy atom. The SMILES string of the molecule is O=C(O)CN(CC(=O)O)C(CCCCNC(=O)CCCCC(S)CCS)C(=O)O. The van der Waals surface area contributed by atoms with Crippen LogP contribution in [-0.4, -0.2) is 80.7 Å². The molecule has 168 valence electrons. The summed E-state index contributed by atoms with van der Waals surface area (Å²) in [5.41, 5.74) is 0. The molecule has 0 fully saturated rings. The van der Waals surface area contributed by atoms with Gasteiger partial charge in [0.05, 0.1) is 13.1 Å². The van der Waals surface area contributed by atoms with Crippen LogP contribution in [0.15, 0.2) is 0 Å². The van der Waals surface area contributed by atoms with Crippen LogP contribution in [0.1, 0.15) is 51.4 Å². The zero-order valence-corrected chi connectivity index (χ0v) is 18.2. The summed E-state index contributed by atoms with van der Waals surface area (Å²) >= 11 is 8.59. The van der Waals surface area contributed by atoms with Crippen LogP contribution in [0, 0.1) is 0 Å². The van der Waals surface area contributed by atoms with Crippen molar-refractivity contribution in [2.75, 3.05) is 25.4 Å². The Kier molecular flexibility index (Phi) is 15.5. The number of carboxylic acids is 3. The average Bonchev–Trinajstić information content (AvgIpc) is 2.60. The molecule has 0 aliphatic heterocycles. The number of carbonyl (C=O) groups is 4. The minimum atomic E-state index is -1.29. The first kappa shape index (κ1) is 27.5. The molecule has 0 saturated carbocycles. The fourth-order valence-corrected chi connectivity index (χ4v) is 3.65. The highest BCUT2D eigenvalue weighted by molar-refractivity contribution is 7.81. The fraction of sp³-hybridized carbons (Fsp3) is 0.778. The van der Waals surface area contributed by atoms with Crippen molar-refractivity contribution in [1.82, 2.24) is 10.2 Å². The Balaban J connectivity index is 4.14. The Morgan fingerprint density at radius 3 is 1.97 bits per heavy atom. The third-order valence-electron chi connectivity index (χ3n) is 4.28. The van der Waals surface area contributed by atoms with Gasteiger partial charge in [-0.2, -0.15) is 25.3 Å². The molecule has 0 spiro atoms. The number of carbonyl (C=O) groups excluding carboxylic acids is 1. The highest BCUT2D eigenvalue weighted by atomic mass is 32.1. The second kappa shape index (κ2) is 16.3.